The number of anilines is 4. The molecule has 0 spiro atoms. The molecule has 4 rings (SSSR count). The van der Waals surface area contributed by atoms with Gasteiger partial charge in [0.2, 0.25) is 23.8 Å². The minimum absolute atomic E-state index is 0.0597. The topological polar surface area (TPSA) is 169 Å². The molecule has 7 N–H and O–H groups in total. The predicted molar refractivity (Wildman–Crippen MR) is 159 cm³/mol. The minimum Gasteiger partial charge on any atom is -0.393 e. The van der Waals surface area contributed by atoms with Crippen molar-refractivity contribution in [1.29, 1.82) is 0 Å². The van der Waals surface area contributed by atoms with Gasteiger partial charge in [-0.15, -0.1) is 0 Å². The Morgan fingerprint density at radius 1 is 0.805 bits per heavy atom. The van der Waals surface area contributed by atoms with Crippen molar-refractivity contribution in [3.05, 3.63) is 29.8 Å². The number of benzene rings is 1. The van der Waals surface area contributed by atoms with Gasteiger partial charge in [-0.2, -0.15) is 15.0 Å². The Kier molecular flexibility index (Phi) is 12.8. The van der Waals surface area contributed by atoms with Crippen LogP contribution in [0.15, 0.2) is 24.3 Å². The predicted octanol–water partition coefficient (Wildman–Crippen LogP) is 2.73. The maximum absolute atomic E-state index is 12.3. The lowest BCUT2D eigenvalue weighted by Crippen LogP contribution is -2.29. The molecule has 0 aliphatic heterocycles. The van der Waals surface area contributed by atoms with Crippen LogP contribution in [0.3, 0.4) is 0 Å². The van der Waals surface area contributed by atoms with Gasteiger partial charge < -0.3 is 41.6 Å². The lowest BCUT2D eigenvalue weighted by atomic mass is 9.93. The Bertz CT molecular complexity index is 1040. The van der Waals surface area contributed by atoms with Gasteiger partial charge in [-0.25, -0.2) is 0 Å². The number of aliphatic hydroxyl groups excluding tert-OH is 1. The molecule has 2 aliphatic carbocycles. The van der Waals surface area contributed by atoms with E-state index in [2.05, 4.69) is 36.2 Å². The Morgan fingerprint density at radius 3 is 2.07 bits per heavy atom. The summed E-state index contributed by atoms with van der Waals surface area (Å²) in [6.07, 6.45) is 9.33. The average molecular weight is 571 g/mol. The summed E-state index contributed by atoms with van der Waals surface area (Å²) in [6, 6.07) is 8.26. The highest BCUT2D eigenvalue weighted by Gasteiger charge is 2.21. The number of nitrogens with two attached hydrogens (primary N) is 1. The first-order valence-corrected chi connectivity index (χ1v) is 15.0. The summed E-state index contributed by atoms with van der Waals surface area (Å²) in [4.78, 5) is 26.3. The van der Waals surface area contributed by atoms with Crippen LogP contribution in [0.1, 0.15) is 63.4 Å². The third kappa shape index (κ3) is 11.4. The molecule has 1 aromatic heterocycles. The van der Waals surface area contributed by atoms with Gasteiger partial charge in [-0.05, 0) is 56.2 Å². The fourth-order valence-corrected chi connectivity index (χ4v) is 5.14. The van der Waals surface area contributed by atoms with Gasteiger partial charge in [0.05, 0.1) is 39.0 Å². The van der Waals surface area contributed by atoms with Gasteiger partial charge in [0.25, 0.3) is 0 Å². The highest BCUT2D eigenvalue weighted by molar-refractivity contribution is 5.78. The van der Waals surface area contributed by atoms with Crippen LogP contribution in [0, 0.1) is 0 Å². The van der Waals surface area contributed by atoms with E-state index in [1.165, 1.54) is 19.3 Å². The number of carbonyl (C=O) groups excluding carboxylic acids is 1. The first-order chi connectivity index (χ1) is 20.1. The lowest BCUT2D eigenvalue weighted by molar-refractivity contribution is -0.120. The molecule has 2 aliphatic rings. The smallest absolute Gasteiger partial charge is 0.233 e. The van der Waals surface area contributed by atoms with E-state index in [0.29, 0.717) is 63.4 Å². The molecule has 0 atom stereocenters. The van der Waals surface area contributed by atoms with Crippen LogP contribution in [0.5, 0.6) is 0 Å². The maximum Gasteiger partial charge on any atom is 0.233 e. The molecule has 41 heavy (non-hydrogen) atoms. The number of aromatic nitrogens is 3. The second kappa shape index (κ2) is 17.0. The second-order valence-corrected chi connectivity index (χ2v) is 10.8. The van der Waals surface area contributed by atoms with Gasteiger partial charge in [0, 0.05) is 30.9 Å². The van der Waals surface area contributed by atoms with Gasteiger partial charge >= 0.3 is 0 Å². The van der Waals surface area contributed by atoms with Crippen LogP contribution >= 0.6 is 0 Å². The van der Waals surface area contributed by atoms with E-state index < -0.39 is 0 Å². The largest absolute Gasteiger partial charge is 0.393 e. The zero-order chi connectivity index (χ0) is 28.7. The molecule has 1 amide bonds. The van der Waals surface area contributed by atoms with Crippen molar-refractivity contribution in [3.63, 3.8) is 0 Å². The summed E-state index contributed by atoms with van der Waals surface area (Å²) in [5, 5.41) is 23.0. The number of hydrogen-bond acceptors (Lipinski definition) is 11. The molecular formula is C29H46N8O4. The van der Waals surface area contributed by atoms with Crippen molar-refractivity contribution >= 4 is 29.4 Å². The summed E-state index contributed by atoms with van der Waals surface area (Å²) >= 11 is 0. The van der Waals surface area contributed by atoms with E-state index in [1.54, 1.807) is 0 Å². The molecule has 2 aromatic rings. The zero-order valence-electron chi connectivity index (χ0n) is 23.9. The number of aliphatic hydroxyl groups is 1. The molecule has 12 heteroatoms. The molecule has 0 saturated heterocycles. The molecule has 2 saturated carbocycles. The molecule has 2 fully saturated rings. The van der Waals surface area contributed by atoms with Crippen molar-refractivity contribution in [2.45, 2.75) is 82.4 Å². The Balaban J connectivity index is 1.29. The highest BCUT2D eigenvalue weighted by Crippen LogP contribution is 2.24. The number of nitrogens with one attached hydrogen (secondary N) is 4. The number of amides is 1. The quantitative estimate of drug-likeness (QED) is 0.164. The monoisotopic (exact) mass is 570 g/mol. The van der Waals surface area contributed by atoms with E-state index in [0.717, 1.165) is 49.8 Å². The molecule has 0 bridgehead atoms. The van der Waals surface area contributed by atoms with Gasteiger partial charge in [-0.1, -0.05) is 31.4 Å². The van der Waals surface area contributed by atoms with E-state index in [-0.39, 0.29) is 24.5 Å². The number of carbonyl (C=O) groups is 1. The van der Waals surface area contributed by atoms with Crippen LogP contribution < -0.4 is 27.0 Å². The van der Waals surface area contributed by atoms with E-state index in [4.69, 9.17) is 15.2 Å². The molecule has 226 valence electrons. The molecule has 1 heterocycles. The van der Waals surface area contributed by atoms with Crippen LogP contribution in [0.4, 0.5) is 23.5 Å². The highest BCUT2D eigenvalue weighted by atomic mass is 16.5. The van der Waals surface area contributed by atoms with Crippen molar-refractivity contribution in [1.82, 2.24) is 20.3 Å². The normalized spacial score (nSPS) is 19.5. The van der Waals surface area contributed by atoms with Crippen molar-refractivity contribution < 1.29 is 19.4 Å². The first kappa shape index (κ1) is 30.9. The third-order valence-corrected chi connectivity index (χ3v) is 7.38. The number of ether oxygens (including phenoxy) is 2. The Hall–Kier alpha value is -3.06. The molecule has 1 aromatic carbocycles. The van der Waals surface area contributed by atoms with Crippen molar-refractivity contribution in [3.8, 4) is 0 Å². The molecule has 0 radical (unpaired) electrons. The molecule has 12 nitrogen and oxygen atoms in total. The molecule has 0 unspecified atom stereocenters. The summed E-state index contributed by atoms with van der Waals surface area (Å²) in [6.45, 7) is 2.88. The maximum atomic E-state index is 12.3. The van der Waals surface area contributed by atoms with Gasteiger partial charge in [-0.3, -0.25) is 4.79 Å². The standard InChI is InChI=1S/C29H46N8O4/c30-14-16-40-18-19-41-17-15-31-26(39)20-21-6-8-23(9-7-21)33-28-35-27(32-22-4-2-1-3-5-22)36-29(37-28)34-24-10-12-25(38)13-11-24/h6-9,22,24-25,38H,1-5,10-20,30H2,(H,31,39)(H3,32,33,34,35,36,37). The van der Waals surface area contributed by atoms with E-state index in [9.17, 15) is 9.90 Å². The Morgan fingerprint density at radius 2 is 1.41 bits per heavy atom. The number of rotatable bonds is 16. The number of nitrogens with zero attached hydrogens (tertiary/aromatic N) is 3. The van der Waals surface area contributed by atoms with Crippen LogP contribution in [0.2, 0.25) is 0 Å². The van der Waals surface area contributed by atoms with Crippen LogP contribution in [-0.2, 0) is 20.7 Å². The fourth-order valence-electron chi connectivity index (χ4n) is 5.14. The van der Waals surface area contributed by atoms with Crippen LogP contribution in [0.25, 0.3) is 0 Å². The molecular weight excluding hydrogens is 524 g/mol. The third-order valence-electron chi connectivity index (χ3n) is 7.38. The van der Waals surface area contributed by atoms with Crippen LogP contribution in [-0.4, -0.2) is 83.7 Å². The summed E-state index contributed by atoms with van der Waals surface area (Å²) in [7, 11) is 0. The fraction of sp³-hybridized carbons (Fsp3) is 0.655. The van der Waals surface area contributed by atoms with Crippen molar-refractivity contribution in [2.75, 3.05) is 55.5 Å². The summed E-state index contributed by atoms with van der Waals surface area (Å²) < 4.78 is 10.7. The van der Waals surface area contributed by atoms with Gasteiger partial charge in [0.15, 0.2) is 0 Å². The summed E-state index contributed by atoms with van der Waals surface area (Å²) in [5.41, 5.74) is 7.09. The van der Waals surface area contributed by atoms with E-state index in [1.807, 2.05) is 24.3 Å². The van der Waals surface area contributed by atoms with E-state index >= 15 is 0 Å². The minimum atomic E-state index is -0.215. The first-order valence-electron chi connectivity index (χ1n) is 15.0. The SMILES string of the molecule is NCCOCCOCCNC(=O)Cc1ccc(Nc2nc(NC3CCCCC3)nc(NC3CCC(O)CC3)n2)cc1. The van der Waals surface area contributed by atoms with Gasteiger partial charge in [0.1, 0.15) is 0 Å². The number of hydrogen-bond donors (Lipinski definition) is 6. The average Bonchev–Trinajstić information content (AvgIpc) is 2.97. The summed E-state index contributed by atoms with van der Waals surface area (Å²) in [5.74, 6) is 1.49. The van der Waals surface area contributed by atoms with Crippen molar-refractivity contribution in [2.24, 2.45) is 5.73 Å². The zero-order valence-corrected chi connectivity index (χ0v) is 23.9. The Labute approximate surface area is 242 Å². The lowest BCUT2D eigenvalue weighted by Gasteiger charge is -2.27. The second-order valence-electron chi connectivity index (χ2n) is 10.8.